The van der Waals surface area contributed by atoms with E-state index in [-0.39, 0.29) is 5.60 Å². The van der Waals surface area contributed by atoms with Crippen LogP contribution in [0.2, 0.25) is 0 Å². The van der Waals surface area contributed by atoms with Crippen molar-refractivity contribution in [3.05, 3.63) is 16.1 Å². The number of aromatic nitrogens is 1. The lowest BCUT2D eigenvalue weighted by atomic mass is 9.80. The second-order valence-electron chi connectivity index (χ2n) is 3.53. The van der Waals surface area contributed by atoms with Gasteiger partial charge in [0.15, 0.2) is 0 Å². The second kappa shape index (κ2) is 3.68. The van der Waals surface area contributed by atoms with E-state index in [1.54, 1.807) is 18.4 Å². The summed E-state index contributed by atoms with van der Waals surface area (Å²) in [5.41, 5.74) is 0.745. The molecule has 0 bridgehead atoms. The molecule has 1 heterocycles. The van der Waals surface area contributed by atoms with Crippen LogP contribution in [-0.2, 0) is 16.8 Å². The summed E-state index contributed by atoms with van der Waals surface area (Å²) < 4.78 is 5.52. The van der Waals surface area contributed by atoms with E-state index >= 15 is 0 Å². The van der Waals surface area contributed by atoms with Gasteiger partial charge in [-0.25, -0.2) is 4.98 Å². The Kier molecular flexibility index (Phi) is 2.53. The van der Waals surface area contributed by atoms with Crippen LogP contribution in [0.15, 0.2) is 5.38 Å². The second-order valence-corrected chi connectivity index (χ2v) is 4.39. The monoisotopic (exact) mass is 208 g/mol. The highest BCUT2D eigenvalue weighted by molar-refractivity contribution is 7.09. The quantitative estimate of drug-likeness (QED) is 0.765. The molecule has 0 unspecified atom stereocenters. The lowest BCUT2D eigenvalue weighted by Crippen LogP contribution is -2.35. The molecule has 2 rings (SSSR count). The minimum absolute atomic E-state index is 0.127. The molecule has 0 atom stereocenters. The van der Waals surface area contributed by atoms with Gasteiger partial charge in [0.2, 0.25) is 0 Å². The standard InChI is InChI=1S/C10H12N2OS/c1-13-10(4-2-5-10)9-12-8(3-6-11)7-14-9/h7H,2-5H2,1H3. The zero-order valence-corrected chi connectivity index (χ0v) is 8.93. The first-order chi connectivity index (χ1) is 6.80. The Balaban J connectivity index is 2.20. The molecule has 0 aliphatic heterocycles. The lowest BCUT2D eigenvalue weighted by molar-refractivity contribution is -0.0780. The maximum atomic E-state index is 8.54. The average molecular weight is 208 g/mol. The molecular formula is C10H12N2OS. The Morgan fingerprint density at radius 1 is 1.71 bits per heavy atom. The number of rotatable bonds is 3. The summed E-state index contributed by atoms with van der Waals surface area (Å²) in [6, 6.07) is 2.11. The Morgan fingerprint density at radius 3 is 3.00 bits per heavy atom. The molecule has 0 aromatic carbocycles. The van der Waals surface area contributed by atoms with Crippen LogP contribution < -0.4 is 0 Å². The van der Waals surface area contributed by atoms with Gasteiger partial charge in [-0.05, 0) is 19.3 Å². The molecule has 0 N–H and O–H groups in total. The summed E-state index contributed by atoms with van der Waals surface area (Å²) >= 11 is 1.61. The number of nitrogens with zero attached hydrogens (tertiary/aromatic N) is 2. The van der Waals surface area contributed by atoms with E-state index in [1.807, 2.05) is 5.38 Å². The van der Waals surface area contributed by atoms with Crippen molar-refractivity contribution in [2.45, 2.75) is 31.3 Å². The van der Waals surface area contributed by atoms with Crippen LogP contribution in [0.3, 0.4) is 0 Å². The minimum Gasteiger partial charge on any atom is -0.371 e. The predicted molar refractivity (Wildman–Crippen MR) is 54.0 cm³/mol. The molecule has 0 amide bonds. The summed E-state index contributed by atoms with van der Waals surface area (Å²) in [5.74, 6) is 0. The molecule has 0 spiro atoms. The van der Waals surface area contributed by atoms with Crippen LogP contribution in [0, 0.1) is 11.3 Å². The van der Waals surface area contributed by atoms with Crippen molar-refractivity contribution in [1.82, 2.24) is 4.98 Å². The van der Waals surface area contributed by atoms with E-state index in [1.165, 1.54) is 6.42 Å². The lowest BCUT2D eigenvalue weighted by Gasteiger charge is -2.38. The maximum absolute atomic E-state index is 8.54. The summed E-state index contributed by atoms with van der Waals surface area (Å²) in [5, 5.41) is 11.5. The van der Waals surface area contributed by atoms with Gasteiger partial charge in [-0.15, -0.1) is 11.3 Å². The van der Waals surface area contributed by atoms with E-state index in [2.05, 4.69) is 11.1 Å². The van der Waals surface area contributed by atoms with Crippen LogP contribution in [0.1, 0.15) is 30.0 Å². The highest BCUT2D eigenvalue weighted by atomic mass is 32.1. The zero-order chi connectivity index (χ0) is 10.0. The normalized spacial score (nSPS) is 18.6. The fraction of sp³-hybridized carbons (Fsp3) is 0.600. The molecule has 14 heavy (non-hydrogen) atoms. The fourth-order valence-electron chi connectivity index (χ4n) is 1.68. The minimum atomic E-state index is -0.127. The van der Waals surface area contributed by atoms with Crippen molar-refractivity contribution in [2.24, 2.45) is 0 Å². The Labute approximate surface area is 87.3 Å². The van der Waals surface area contributed by atoms with Crippen molar-refractivity contribution in [3.8, 4) is 6.07 Å². The largest absolute Gasteiger partial charge is 0.371 e. The van der Waals surface area contributed by atoms with Gasteiger partial charge in [-0.1, -0.05) is 0 Å². The van der Waals surface area contributed by atoms with E-state index in [0.717, 1.165) is 23.5 Å². The highest BCUT2D eigenvalue weighted by Gasteiger charge is 2.41. The van der Waals surface area contributed by atoms with Crippen molar-refractivity contribution < 1.29 is 4.74 Å². The predicted octanol–water partition coefficient (Wildman–Crippen LogP) is 2.23. The number of hydrogen-bond acceptors (Lipinski definition) is 4. The summed E-state index contributed by atoms with van der Waals surface area (Å²) in [7, 11) is 1.74. The molecule has 1 aliphatic carbocycles. The fourth-order valence-corrected chi connectivity index (χ4v) is 2.74. The topological polar surface area (TPSA) is 45.9 Å². The maximum Gasteiger partial charge on any atom is 0.125 e. The molecule has 74 valence electrons. The van der Waals surface area contributed by atoms with E-state index in [4.69, 9.17) is 10.00 Å². The van der Waals surface area contributed by atoms with E-state index in [9.17, 15) is 0 Å². The van der Waals surface area contributed by atoms with Crippen LogP contribution in [0.25, 0.3) is 0 Å². The third kappa shape index (κ3) is 1.43. The molecule has 4 heteroatoms. The van der Waals surface area contributed by atoms with Crippen molar-refractivity contribution in [1.29, 1.82) is 5.26 Å². The van der Waals surface area contributed by atoms with Crippen LogP contribution in [-0.4, -0.2) is 12.1 Å². The van der Waals surface area contributed by atoms with E-state index in [0.29, 0.717) is 6.42 Å². The molecule has 0 radical (unpaired) electrons. The molecule has 1 aromatic heterocycles. The van der Waals surface area contributed by atoms with Crippen molar-refractivity contribution >= 4 is 11.3 Å². The van der Waals surface area contributed by atoms with Gasteiger partial charge in [0, 0.05) is 12.5 Å². The van der Waals surface area contributed by atoms with E-state index < -0.39 is 0 Å². The first kappa shape index (κ1) is 9.63. The number of methoxy groups -OCH3 is 1. The van der Waals surface area contributed by atoms with Gasteiger partial charge in [-0.2, -0.15) is 5.26 Å². The number of ether oxygens (including phenoxy) is 1. The third-order valence-corrected chi connectivity index (χ3v) is 3.83. The zero-order valence-electron chi connectivity index (χ0n) is 8.12. The average Bonchev–Trinajstić information content (AvgIpc) is 2.54. The van der Waals surface area contributed by atoms with Crippen LogP contribution in [0.4, 0.5) is 0 Å². The van der Waals surface area contributed by atoms with Crippen molar-refractivity contribution in [2.75, 3.05) is 7.11 Å². The van der Waals surface area contributed by atoms with Gasteiger partial charge in [0.1, 0.15) is 10.6 Å². The van der Waals surface area contributed by atoms with Gasteiger partial charge >= 0.3 is 0 Å². The number of hydrogen-bond donors (Lipinski definition) is 0. The number of thiazole rings is 1. The summed E-state index contributed by atoms with van der Waals surface area (Å²) in [6.45, 7) is 0. The smallest absolute Gasteiger partial charge is 0.125 e. The Bertz CT molecular complexity index is 357. The SMILES string of the molecule is COC1(c2nc(CC#N)cs2)CCC1. The summed E-state index contributed by atoms with van der Waals surface area (Å²) in [4.78, 5) is 4.44. The molecule has 0 saturated heterocycles. The van der Waals surface area contributed by atoms with Gasteiger partial charge < -0.3 is 4.74 Å². The summed E-state index contributed by atoms with van der Waals surface area (Å²) in [6.07, 6.45) is 3.73. The van der Waals surface area contributed by atoms with Gasteiger partial charge in [0.05, 0.1) is 18.2 Å². The molecule has 1 saturated carbocycles. The highest BCUT2D eigenvalue weighted by Crippen LogP contribution is 2.45. The first-order valence-electron chi connectivity index (χ1n) is 4.68. The van der Waals surface area contributed by atoms with Crippen LogP contribution >= 0.6 is 11.3 Å². The third-order valence-electron chi connectivity index (χ3n) is 2.75. The number of nitriles is 1. The molecule has 1 aliphatic rings. The first-order valence-corrected chi connectivity index (χ1v) is 5.56. The van der Waals surface area contributed by atoms with Gasteiger partial charge in [0.25, 0.3) is 0 Å². The Hall–Kier alpha value is -0.920. The molecule has 3 nitrogen and oxygen atoms in total. The van der Waals surface area contributed by atoms with Gasteiger partial charge in [-0.3, -0.25) is 0 Å². The molecule has 1 fully saturated rings. The molecular weight excluding hydrogens is 196 g/mol. The molecule has 1 aromatic rings. The Morgan fingerprint density at radius 2 is 2.50 bits per heavy atom. The van der Waals surface area contributed by atoms with Crippen LogP contribution in [0.5, 0.6) is 0 Å². The van der Waals surface area contributed by atoms with Crippen molar-refractivity contribution in [3.63, 3.8) is 0 Å².